The summed E-state index contributed by atoms with van der Waals surface area (Å²) in [7, 11) is 4.85. The molecule has 0 spiro atoms. The number of anilines is 1. The molecule has 2 aromatic carbocycles. The van der Waals surface area contributed by atoms with Gasteiger partial charge in [0.15, 0.2) is 11.5 Å². The van der Waals surface area contributed by atoms with Gasteiger partial charge in [0.05, 0.1) is 33.6 Å². The topological polar surface area (TPSA) is 65.1 Å². The van der Waals surface area contributed by atoms with Gasteiger partial charge in [-0.1, -0.05) is 0 Å². The summed E-state index contributed by atoms with van der Waals surface area (Å²) < 4.78 is 22.2. The van der Waals surface area contributed by atoms with E-state index >= 15 is 0 Å². The molecule has 0 aliphatic carbocycles. The lowest BCUT2D eigenvalue weighted by Gasteiger charge is -2.36. The van der Waals surface area contributed by atoms with Crippen LogP contribution in [0.1, 0.15) is 25.3 Å². The van der Waals surface area contributed by atoms with E-state index in [0.29, 0.717) is 29.9 Å². The average molecular weight is 551 g/mol. The molecule has 37 heavy (non-hydrogen) atoms. The Morgan fingerprint density at radius 2 is 1.54 bits per heavy atom. The molecule has 1 aliphatic rings. The second-order valence-electron chi connectivity index (χ2n) is 8.50. The number of nitrogens with one attached hydrogen (secondary N) is 1. The van der Waals surface area contributed by atoms with Crippen molar-refractivity contribution in [3.63, 3.8) is 0 Å². The van der Waals surface area contributed by atoms with Gasteiger partial charge in [-0.3, -0.25) is 4.98 Å². The predicted molar refractivity (Wildman–Crippen MR) is 154 cm³/mol. The molecule has 1 N–H and O–H groups in total. The Hall–Kier alpha value is -2.87. The molecule has 2 heterocycles. The number of hydrogen-bond donors (Lipinski definition) is 1. The summed E-state index contributed by atoms with van der Waals surface area (Å²) in [5.74, 6) is 2.69. The first-order chi connectivity index (χ1) is 17.2. The molecule has 202 valence electrons. The maximum absolute atomic E-state index is 5.66. The zero-order chi connectivity index (χ0) is 24.6. The number of methoxy groups -OCH3 is 3. The highest BCUT2D eigenvalue weighted by atomic mass is 35.5. The zero-order valence-electron chi connectivity index (χ0n) is 21.9. The molecule has 9 heteroatoms. The highest BCUT2D eigenvalue weighted by Crippen LogP contribution is 2.41. The van der Waals surface area contributed by atoms with E-state index in [1.807, 2.05) is 25.3 Å². The molecule has 0 atom stereocenters. The Balaban J connectivity index is 0.00000241. The number of nitrogens with zero attached hydrogens (tertiary/aromatic N) is 2. The summed E-state index contributed by atoms with van der Waals surface area (Å²) in [6.45, 7) is 5.53. The van der Waals surface area contributed by atoms with E-state index in [0.717, 1.165) is 49.5 Å². The van der Waals surface area contributed by atoms with Gasteiger partial charge in [0.2, 0.25) is 5.75 Å². The van der Waals surface area contributed by atoms with E-state index in [1.54, 1.807) is 21.3 Å². The second kappa shape index (κ2) is 14.8. The lowest BCUT2D eigenvalue weighted by molar-refractivity contribution is 0.324. The average Bonchev–Trinajstić information content (AvgIpc) is 2.92. The first-order valence-corrected chi connectivity index (χ1v) is 12.1. The molecule has 0 amide bonds. The van der Waals surface area contributed by atoms with Crippen LogP contribution in [-0.4, -0.2) is 52.1 Å². The predicted octanol–water partition coefficient (Wildman–Crippen LogP) is 5.78. The van der Waals surface area contributed by atoms with Crippen molar-refractivity contribution in [2.75, 3.05) is 45.9 Å². The first-order valence-electron chi connectivity index (χ1n) is 12.1. The first kappa shape index (κ1) is 30.4. The van der Waals surface area contributed by atoms with Crippen LogP contribution >= 0.6 is 24.8 Å². The van der Waals surface area contributed by atoms with Crippen molar-refractivity contribution < 1.29 is 18.9 Å². The molecule has 1 saturated heterocycles. The minimum absolute atomic E-state index is 0. The van der Waals surface area contributed by atoms with Gasteiger partial charge in [-0.15, -0.1) is 24.8 Å². The molecule has 4 rings (SSSR count). The van der Waals surface area contributed by atoms with Gasteiger partial charge in [-0.25, -0.2) is 0 Å². The number of rotatable bonds is 10. The number of hydrogen-bond acceptors (Lipinski definition) is 7. The second-order valence-corrected chi connectivity index (χ2v) is 8.50. The van der Waals surface area contributed by atoms with Crippen LogP contribution < -0.4 is 29.2 Å². The molecule has 1 aliphatic heterocycles. The molecule has 0 radical (unpaired) electrons. The lowest BCUT2D eigenvalue weighted by Crippen LogP contribution is -2.43. The van der Waals surface area contributed by atoms with Gasteiger partial charge in [0.1, 0.15) is 5.75 Å². The van der Waals surface area contributed by atoms with E-state index in [1.165, 1.54) is 11.3 Å². The van der Waals surface area contributed by atoms with Crippen molar-refractivity contribution >= 4 is 30.5 Å². The Kier molecular flexibility index (Phi) is 12.1. The van der Waals surface area contributed by atoms with Crippen LogP contribution in [0, 0.1) is 0 Å². The van der Waals surface area contributed by atoms with E-state index in [-0.39, 0.29) is 24.8 Å². The molecule has 7 nitrogen and oxygen atoms in total. The third kappa shape index (κ3) is 7.34. The number of halogens is 2. The monoisotopic (exact) mass is 549 g/mol. The number of ether oxygens (including phenoxy) is 4. The molecular weight excluding hydrogens is 513 g/mol. The molecular formula is C28H37Cl2N3O4. The van der Waals surface area contributed by atoms with Crippen LogP contribution in [0.5, 0.6) is 23.0 Å². The van der Waals surface area contributed by atoms with Crippen LogP contribution in [-0.2, 0) is 6.54 Å². The highest BCUT2D eigenvalue weighted by molar-refractivity contribution is 5.85. The Morgan fingerprint density at radius 3 is 2.11 bits per heavy atom. The fraction of sp³-hybridized carbons (Fsp3) is 0.393. The van der Waals surface area contributed by atoms with Gasteiger partial charge in [-0.2, -0.15) is 0 Å². The van der Waals surface area contributed by atoms with Crippen molar-refractivity contribution in [3.8, 4) is 34.3 Å². The quantitative estimate of drug-likeness (QED) is 0.344. The smallest absolute Gasteiger partial charge is 0.203 e. The van der Waals surface area contributed by atoms with Crippen LogP contribution in [0.25, 0.3) is 11.3 Å². The fourth-order valence-corrected chi connectivity index (χ4v) is 4.61. The maximum atomic E-state index is 5.66. The Morgan fingerprint density at radius 1 is 0.892 bits per heavy atom. The normalized spacial score (nSPS) is 13.1. The van der Waals surface area contributed by atoms with Crippen LogP contribution in [0.15, 0.2) is 54.7 Å². The van der Waals surface area contributed by atoms with Gasteiger partial charge in [-0.05, 0) is 86.9 Å². The van der Waals surface area contributed by atoms with Gasteiger partial charge in [0, 0.05) is 30.0 Å². The standard InChI is InChI=1S/C28H35N3O4.2ClH/c1-5-35-24-8-6-22(7-9-24)31(23-11-13-29-14-12-23)19-20-10-15-30-25(16-20)21-17-26(32-2)28(34-4)27(18-21)33-3;;/h6-10,15-18,23,29H,5,11-14,19H2,1-4H3;2*1H. The number of piperidine rings is 1. The molecule has 1 aromatic heterocycles. The minimum atomic E-state index is 0. The third-order valence-electron chi connectivity index (χ3n) is 6.37. The largest absolute Gasteiger partial charge is 0.494 e. The van der Waals surface area contributed by atoms with Crippen molar-refractivity contribution in [2.24, 2.45) is 0 Å². The highest BCUT2D eigenvalue weighted by Gasteiger charge is 2.22. The number of aromatic nitrogens is 1. The van der Waals surface area contributed by atoms with Crippen molar-refractivity contribution in [2.45, 2.75) is 32.4 Å². The fourth-order valence-electron chi connectivity index (χ4n) is 4.61. The summed E-state index contributed by atoms with van der Waals surface area (Å²) in [4.78, 5) is 7.15. The zero-order valence-corrected chi connectivity index (χ0v) is 23.5. The summed E-state index contributed by atoms with van der Waals surface area (Å²) in [6.07, 6.45) is 4.09. The van der Waals surface area contributed by atoms with Crippen LogP contribution in [0.3, 0.4) is 0 Å². The molecule has 0 bridgehead atoms. The van der Waals surface area contributed by atoms with Crippen molar-refractivity contribution in [1.82, 2.24) is 10.3 Å². The van der Waals surface area contributed by atoms with E-state index in [9.17, 15) is 0 Å². The molecule has 0 saturated carbocycles. The number of benzene rings is 2. The molecule has 3 aromatic rings. The summed E-state index contributed by atoms with van der Waals surface area (Å²) in [6, 6.07) is 17.0. The van der Waals surface area contributed by atoms with Gasteiger partial charge >= 0.3 is 0 Å². The third-order valence-corrected chi connectivity index (χ3v) is 6.37. The van der Waals surface area contributed by atoms with E-state index < -0.39 is 0 Å². The minimum Gasteiger partial charge on any atom is -0.494 e. The van der Waals surface area contributed by atoms with Crippen molar-refractivity contribution in [3.05, 3.63) is 60.3 Å². The molecule has 0 unspecified atom stereocenters. The van der Waals surface area contributed by atoms with Gasteiger partial charge < -0.3 is 29.2 Å². The number of pyridine rings is 1. The summed E-state index contributed by atoms with van der Waals surface area (Å²) in [5, 5.41) is 3.48. The van der Waals surface area contributed by atoms with Crippen LogP contribution in [0.2, 0.25) is 0 Å². The lowest BCUT2D eigenvalue weighted by atomic mass is 10.0. The Labute approximate surface area is 232 Å². The van der Waals surface area contributed by atoms with E-state index in [2.05, 4.69) is 51.6 Å². The maximum Gasteiger partial charge on any atom is 0.203 e. The van der Waals surface area contributed by atoms with Gasteiger partial charge in [0.25, 0.3) is 0 Å². The molecule has 1 fully saturated rings. The van der Waals surface area contributed by atoms with Crippen molar-refractivity contribution in [1.29, 1.82) is 0 Å². The SMILES string of the molecule is CCOc1ccc(N(Cc2ccnc(-c3cc(OC)c(OC)c(OC)c3)c2)C2CCNCC2)cc1.Cl.Cl. The Bertz CT molecular complexity index is 1080. The summed E-state index contributed by atoms with van der Waals surface area (Å²) >= 11 is 0. The summed E-state index contributed by atoms with van der Waals surface area (Å²) in [5.41, 5.74) is 4.16. The van der Waals surface area contributed by atoms with E-state index in [4.69, 9.17) is 18.9 Å². The van der Waals surface area contributed by atoms with Crippen LogP contribution in [0.4, 0.5) is 5.69 Å².